The molecule has 2 aliphatic rings. The van der Waals surface area contributed by atoms with Crippen LogP contribution >= 0.6 is 0 Å². The summed E-state index contributed by atoms with van der Waals surface area (Å²) in [5, 5.41) is 0. The summed E-state index contributed by atoms with van der Waals surface area (Å²) in [6.07, 6.45) is 3.27. The normalized spacial score (nSPS) is 17.3. The molecule has 0 amide bonds. The van der Waals surface area contributed by atoms with Crippen LogP contribution < -0.4 is 10.5 Å². The van der Waals surface area contributed by atoms with Gasteiger partial charge in [-0.3, -0.25) is 9.36 Å². The van der Waals surface area contributed by atoms with Crippen molar-refractivity contribution in [3.63, 3.8) is 0 Å². The first-order valence-corrected chi connectivity index (χ1v) is 9.18. The molecule has 1 saturated heterocycles. The molecule has 0 bridgehead atoms. The maximum atomic E-state index is 13.7. The number of ether oxygens (including phenoxy) is 1. The Bertz CT molecular complexity index is 1100. The van der Waals surface area contributed by atoms with Crippen molar-refractivity contribution in [2.24, 2.45) is 0 Å². The molecule has 2 fully saturated rings. The number of hydrogen-bond acceptors (Lipinski definition) is 6. The number of benzene rings is 1. The van der Waals surface area contributed by atoms with Crippen molar-refractivity contribution < 1.29 is 13.5 Å². The number of nitrogens with zero attached hydrogens (tertiary/aromatic N) is 5. The molecular formula is C19H17F2N5O2. The molecule has 5 rings (SSSR count). The van der Waals surface area contributed by atoms with E-state index in [4.69, 9.17) is 4.74 Å². The highest BCUT2D eigenvalue weighted by Gasteiger charge is 2.29. The fourth-order valence-corrected chi connectivity index (χ4v) is 3.46. The van der Waals surface area contributed by atoms with E-state index in [1.165, 1.54) is 0 Å². The standard InChI is InChI=1S/C19H17F2N5O2/c20-12-7-11(8-13(21)9-12)16-18(27)26(14-1-2-14)17-15(23-16)10-22-19(24-17)25-3-5-28-6-4-25/h7-10,14H,1-6H2. The van der Waals surface area contributed by atoms with Crippen LogP contribution in [-0.4, -0.2) is 45.8 Å². The molecule has 1 saturated carbocycles. The highest BCUT2D eigenvalue weighted by atomic mass is 19.1. The van der Waals surface area contributed by atoms with E-state index in [2.05, 4.69) is 15.0 Å². The van der Waals surface area contributed by atoms with Gasteiger partial charge >= 0.3 is 0 Å². The molecule has 1 aliphatic heterocycles. The molecule has 2 aromatic heterocycles. The summed E-state index contributed by atoms with van der Waals surface area (Å²) in [6, 6.07) is 3.00. The predicted octanol–water partition coefficient (Wildman–Crippen LogP) is 2.30. The molecule has 0 spiro atoms. The highest BCUT2D eigenvalue weighted by molar-refractivity contribution is 5.75. The van der Waals surface area contributed by atoms with Gasteiger partial charge in [-0.2, -0.15) is 4.98 Å². The van der Waals surface area contributed by atoms with E-state index in [0.717, 1.165) is 31.0 Å². The van der Waals surface area contributed by atoms with Gasteiger partial charge in [0.1, 0.15) is 22.8 Å². The van der Waals surface area contributed by atoms with Gasteiger partial charge in [-0.15, -0.1) is 0 Å². The minimum atomic E-state index is -0.756. The van der Waals surface area contributed by atoms with Crippen molar-refractivity contribution in [2.45, 2.75) is 18.9 Å². The van der Waals surface area contributed by atoms with Gasteiger partial charge in [-0.25, -0.2) is 18.7 Å². The molecule has 1 aromatic carbocycles. The van der Waals surface area contributed by atoms with Crippen LogP contribution in [0.2, 0.25) is 0 Å². The number of aromatic nitrogens is 4. The molecule has 144 valence electrons. The lowest BCUT2D eigenvalue weighted by Gasteiger charge is -2.26. The molecule has 1 aliphatic carbocycles. The van der Waals surface area contributed by atoms with E-state index < -0.39 is 17.2 Å². The van der Waals surface area contributed by atoms with Gasteiger partial charge in [0, 0.05) is 30.8 Å². The first-order chi connectivity index (χ1) is 13.6. The van der Waals surface area contributed by atoms with Crippen LogP contribution in [0.3, 0.4) is 0 Å². The smallest absolute Gasteiger partial charge is 0.279 e. The van der Waals surface area contributed by atoms with Crippen LogP contribution in [0.4, 0.5) is 14.7 Å². The molecule has 0 atom stereocenters. The zero-order chi connectivity index (χ0) is 19.3. The Morgan fingerprint density at radius 2 is 1.75 bits per heavy atom. The van der Waals surface area contributed by atoms with Crippen molar-refractivity contribution in [3.05, 3.63) is 46.4 Å². The fourth-order valence-electron chi connectivity index (χ4n) is 3.46. The van der Waals surface area contributed by atoms with Crippen LogP contribution in [0.15, 0.2) is 29.2 Å². The van der Waals surface area contributed by atoms with Gasteiger partial charge in [0.15, 0.2) is 5.65 Å². The lowest BCUT2D eigenvalue weighted by Crippen LogP contribution is -2.37. The van der Waals surface area contributed by atoms with Gasteiger partial charge < -0.3 is 9.64 Å². The first kappa shape index (κ1) is 17.2. The van der Waals surface area contributed by atoms with Gasteiger partial charge in [0.2, 0.25) is 5.95 Å². The lowest BCUT2D eigenvalue weighted by atomic mass is 10.1. The molecule has 7 nitrogen and oxygen atoms in total. The van der Waals surface area contributed by atoms with Crippen molar-refractivity contribution in [3.8, 4) is 11.3 Å². The van der Waals surface area contributed by atoms with Crippen molar-refractivity contribution in [1.82, 2.24) is 19.5 Å². The second-order valence-electron chi connectivity index (χ2n) is 7.00. The summed E-state index contributed by atoms with van der Waals surface area (Å²) in [5.41, 5.74) is 0.580. The molecule has 0 unspecified atom stereocenters. The maximum Gasteiger partial charge on any atom is 0.279 e. The maximum absolute atomic E-state index is 13.7. The topological polar surface area (TPSA) is 73.1 Å². The quantitative estimate of drug-likeness (QED) is 0.689. The number of morpholine rings is 1. The summed E-state index contributed by atoms with van der Waals surface area (Å²) in [5.74, 6) is -0.989. The monoisotopic (exact) mass is 385 g/mol. The molecule has 3 aromatic rings. The van der Waals surface area contributed by atoms with E-state index in [9.17, 15) is 13.6 Å². The number of halogens is 2. The van der Waals surface area contributed by atoms with Crippen LogP contribution in [0, 0.1) is 11.6 Å². The van der Waals surface area contributed by atoms with E-state index >= 15 is 0 Å². The Morgan fingerprint density at radius 1 is 1.04 bits per heavy atom. The zero-order valence-corrected chi connectivity index (χ0v) is 14.9. The Morgan fingerprint density at radius 3 is 2.43 bits per heavy atom. The average Bonchev–Trinajstić information content (AvgIpc) is 3.52. The van der Waals surface area contributed by atoms with Crippen molar-refractivity contribution >= 4 is 17.1 Å². The SMILES string of the molecule is O=c1c(-c2cc(F)cc(F)c2)nc2cnc(N3CCOCC3)nc2n1C1CC1. The minimum absolute atomic E-state index is 0.000484. The number of rotatable bonds is 3. The lowest BCUT2D eigenvalue weighted by molar-refractivity contribution is 0.122. The van der Waals surface area contributed by atoms with E-state index in [0.29, 0.717) is 43.4 Å². The highest BCUT2D eigenvalue weighted by Crippen LogP contribution is 2.36. The first-order valence-electron chi connectivity index (χ1n) is 9.18. The van der Waals surface area contributed by atoms with Gasteiger partial charge in [0.05, 0.1) is 19.4 Å². The van der Waals surface area contributed by atoms with E-state index in [1.807, 2.05) is 4.90 Å². The summed E-state index contributed by atoms with van der Waals surface area (Å²) < 4.78 is 34.3. The van der Waals surface area contributed by atoms with Crippen LogP contribution in [0.5, 0.6) is 0 Å². The molecular weight excluding hydrogens is 368 g/mol. The summed E-state index contributed by atoms with van der Waals surface area (Å²) >= 11 is 0. The Balaban J connectivity index is 1.70. The number of fused-ring (bicyclic) bond motifs is 1. The van der Waals surface area contributed by atoms with Gasteiger partial charge in [-0.1, -0.05) is 0 Å². The zero-order valence-electron chi connectivity index (χ0n) is 14.9. The molecule has 9 heteroatoms. The van der Waals surface area contributed by atoms with E-state index in [-0.39, 0.29) is 17.3 Å². The number of hydrogen-bond donors (Lipinski definition) is 0. The Hall–Kier alpha value is -2.94. The van der Waals surface area contributed by atoms with Crippen LogP contribution in [0.25, 0.3) is 22.4 Å². The minimum Gasteiger partial charge on any atom is -0.378 e. The molecule has 0 N–H and O–H groups in total. The van der Waals surface area contributed by atoms with E-state index in [1.54, 1.807) is 10.8 Å². The third kappa shape index (κ3) is 3.01. The second kappa shape index (κ2) is 6.59. The summed E-state index contributed by atoms with van der Waals surface area (Å²) in [7, 11) is 0. The third-order valence-electron chi connectivity index (χ3n) is 4.96. The predicted molar refractivity (Wildman–Crippen MR) is 98.2 cm³/mol. The largest absolute Gasteiger partial charge is 0.378 e. The fraction of sp³-hybridized carbons (Fsp3) is 0.368. The Kier molecular flexibility index (Phi) is 4.04. The molecule has 28 heavy (non-hydrogen) atoms. The van der Waals surface area contributed by atoms with Gasteiger partial charge in [0.25, 0.3) is 5.56 Å². The third-order valence-corrected chi connectivity index (χ3v) is 4.96. The average molecular weight is 385 g/mol. The number of anilines is 1. The van der Waals surface area contributed by atoms with Crippen molar-refractivity contribution in [1.29, 1.82) is 0 Å². The second-order valence-corrected chi connectivity index (χ2v) is 7.00. The van der Waals surface area contributed by atoms with Crippen LogP contribution in [-0.2, 0) is 4.74 Å². The molecule has 3 heterocycles. The summed E-state index contributed by atoms with van der Waals surface area (Å²) in [4.78, 5) is 28.5. The van der Waals surface area contributed by atoms with Gasteiger partial charge in [-0.05, 0) is 25.0 Å². The molecule has 0 radical (unpaired) electrons. The van der Waals surface area contributed by atoms with Crippen LogP contribution in [0.1, 0.15) is 18.9 Å². The summed E-state index contributed by atoms with van der Waals surface area (Å²) in [6.45, 7) is 2.54. The Labute approximate surface area is 158 Å². The van der Waals surface area contributed by atoms with Crippen molar-refractivity contribution in [2.75, 3.05) is 31.2 Å².